The zero-order valence-electron chi connectivity index (χ0n) is 10.9. The van der Waals surface area contributed by atoms with E-state index in [2.05, 4.69) is 4.74 Å². The Balaban J connectivity index is 2.73. The smallest absolute Gasteiger partial charge is 0.333 e. The summed E-state index contributed by atoms with van der Waals surface area (Å²) < 4.78 is 21.9. The van der Waals surface area contributed by atoms with Gasteiger partial charge in [-0.3, -0.25) is 5.41 Å². The zero-order chi connectivity index (χ0) is 13.9. The first-order valence-electron chi connectivity index (χ1n) is 6.03. The third-order valence-electron chi connectivity index (χ3n) is 3.90. The molecule has 5 atom stereocenters. The van der Waals surface area contributed by atoms with Crippen molar-refractivity contribution in [2.45, 2.75) is 39.4 Å². The molecule has 1 aliphatic rings. The number of hydrogen-bond donors (Lipinski definition) is 2. The molecule has 0 radical (unpaired) electrons. The van der Waals surface area contributed by atoms with E-state index in [9.17, 15) is 9.18 Å². The Morgan fingerprint density at radius 1 is 1.33 bits per heavy atom. The number of carbonyl (C=O) groups is 1. The molecule has 0 aliphatic carbocycles. The lowest BCUT2D eigenvalue weighted by atomic mass is 9.75. The Bertz CT molecular complexity index is 323. The van der Waals surface area contributed by atoms with Crippen molar-refractivity contribution >= 4 is 11.9 Å². The van der Waals surface area contributed by atoms with Gasteiger partial charge in [-0.25, -0.2) is 9.18 Å². The maximum Gasteiger partial charge on any atom is 0.333 e. The van der Waals surface area contributed by atoms with Crippen LogP contribution in [0.25, 0.3) is 0 Å². The topological polar surface area (TPSA) is 79.6 Å². The minimum atomic E-state index is -1.05. The number of ether oxygens (including phenoxy) is 2. The average Bonchev–Trinajstić information content (AvgIpc) is 2.30. The van der Waals surface area contributed by atoms with Crippen molar-refractivity contribution in [1.29, 1.82) is 5.41 Å². The summed E-state index contributed by atoms with van der Waals surface area (Å²) in [4.78, 5) is 11.1. The molecule has 2 N–H and O–H groups in total. The van der Waals surface area contributed by atoms with E-state index in [-0.39, 0.29) is 30.1 Å². The summed E-state index contributed by atoms with van der Waals surface area (Å²) in [5.74, 6) is -1.04. The van der Waals surface area contributed by atoms with Gasteiger partial charge in [-0.15, -0.1) is 0 Å². The van der Waals surface area contributed by atoms with E-state index >= 15 is 0 Å². The van der Waals surface area contributed by atoms with Gasteiger partial charge in [0.05, 0.1) is 6.10 Å². The number of halogens is 1. The van der Waals surface area contributed by atoms with Crippen molar-refractivity contribution in [3.05, 3.63) is 0 Å². The average molecular weight is 261 g/mol. The monoisotopic (exact) mass is 261 g/mol. The summed E-state index contributed by atoms with van der Waals surface area (Å²) in [5, 5.41) is 16.5. The second-order valence-corrected chi connectivity index (χ2v) is 4.89. The lowest BCUT2D eigenvalue weighted by Crippen LogP contribution is -2.48. The highest BCUT2D eigenvalue weighted by Gasteiger charge is 2.42. The van der Waals surface area contributed by atoms with Crippen LogP contribution in [-0.2, 0) is 14.3 Å². The van der Waals surface area contributed by atoms with E-state index in [0.717, 1.165) is 0 Å². The molecule has 1 aliphatic heterocycles. The van der Waals surface area contributed by atoms with E-state index in [4.69, 9.17) is 15.3 Å². The molecule has 1 fully saturated rings. The Labute approximate surface area is 106 Å². The molecule has 104 valence electrons. The van der Waals surface area contributed by atoms with Gasteiger partial charge in [0.1, 0.15) is 0 Å². The number of carboxylic acid groups (broad SMARTS) is 1. The molecule has 5 nitrogen and oxygen atoms in total. The van der Waals surface area contributed by atoms with Crippen LogP contribution in [0.2, 0.25) is 0 Å². The SMILES string of the molecule is C[C@@H]1[C@H](C)[C@@H](CC(=N)OCF)O[C@@H](C(=O)O)[C@H]1C. The van der Waals surface area contributed by atoms with Crippen molar-refractivity contribution < 1.29 is 23.8 Å². The normalized spacial score (nSPS) is 36.1. The molecule has 1 saturated heterocycles. The number of carboxylic acids is 1. The zero-order valence-corrected chi connectivity index (χ0v) is 10.9. The van der Waals surface area contributed by atoms with Crippen molar-refractivity contribution in [1.82, 2.24) is 0 Å². The first-order valence-corrected chi connectivity index (χ1v) is 6.03. The highest BCUT2D eigenvalue weighted by Crippen LogP contribution is 2.36. The van der Waals surface area contributed by atoms with Gasteiger partial charge in [0.15, 0.2) is 12.0 Å². The van der Waals surface area contributed by atoms with Crippen LogP contribution in [0.15, 0.2) is 0 Å². The molecule has 6 heteroatoms. The molecule has 0 aromatic heterocycles. The minimum Gasteiger partial charge on any atom is -0.479 e. The number of nitrogens with one attached hydrogen (secondary N) is 1. The number of alkyl halides is 1. The molecule has 0 unspecified atom stereocenters. The van der Waals surface area contributed by atoms with Gasteiger partial charge in [-0.05, 0) is 17.8 Å². The molecule has 1 heterocycles. The van der Waals surface area contributed by atoms with Crippen molar-refractivity contribution in [3.63, 3.8) is 0 Å². The summed E-state index contributed by atoms with van der Waals surface area (Å²) in [5.41, 5.74) is 0. The van der Waals surface area contributed by atoms with Gasteiger partial charge in [0.25, 0.3) is 0 Å². The standard InChI is InChI=1S/C12H20FNO4/c1-6-7(2)9(4-10(14)17-5-13)18-11(8(6)3)12(15)16/h6-9,11,14H,4-5H2,1-3H3,(H,15,16)/t6-,7+,8+,9-,11-/m1/s1. The van der Waals surface area contributed by atoms with Crippen molar-refractivity contribution in [3.8, 4) is 0 Å². The van der Waals surface area contributed by atoms with Crippen molar-refractivity contribution in [2.24, 2.45) is 17.8 Å². The quantitative estimate of drug-likeness (QED) is 0.599. The molecule has 0 aromatic rings. The van der Waals surface area contributed by atoms with E-state index < -0.39 is 25.0 Å². The maximum absolute atomic E-state index is 11.9. The molecule has 0 bridgehead atoms. The fourth-order valence-electron chi connectivity index (χ4n) is 2.35. The van der Waals surface area contributed by atoms with Crippen LogP contribution in [-0.4, -0.2) is 36.0 Å². The van der Waals surface area contributed by atoms with Gasteiger partial charge >= 0.3 is 5.97 Å². The predicted molar refractivity (Wildman–Crippen MR) is 63.2 cm³/mol. The molecule has 18 heavy (non-hydrogen) atoms. The lowest BCUT2D eigenvalue weighted by Gasteiger charge is -2.42. The lowest BCUT2D eigenvalue weighted by molar-refractivity contribution is -0.178. The highest BCUT2D eigenvalue weighted by atomic mass is 19.1. The van der Waals surface area contributed by atoms with E-state index in [1.807, 2.05) is 20.8 Å². The molecule has 0 saturated carbocycles. The number of aliphatic carboxylic acids is 1. The van der Waals surface area contributed by atoms with Crippen LogP contribution in [0.5, 0.6) is 0 Å². The maximum atomic E-state index is 11.9. The summed E-state index contributed by atoms with van der Waals surface area (Å²) in [6, 6.07) is 0. The Kier molecular flexibility index (Phi) is 5.07. The number of rotatable bonds is 4. The van der Waals surface area contributed by atoms with Crippen LogP contribution in [0, 0.1) is 23.2 Å². The Morgan fingerprint density at radius 3 is 2.44 bits per heavy atom. The van der Waals surface area contributed by atoms with Crippen LogP contribution >= 0.6 is 0 Å². The van der Waals surface area contributed by atoms with Crippen LogP contribution < -0.4 is 0 Å². The van der Waals surface area contributed by atoms with Crippen molar-refractivity contribution in [2.75, 3.05) is 6.86 Å². The molecular formula is C12H20FNO4. The predicted octanol–water partition coefficient (Wildman–Crippen LogP) is 2.06. The molecule has 0 amide bonds. The van der Waals surface area contributed by atoms with E-state index in [1.165, 1.54) is 0 Å². The Hall–Kier alpha value is -1.17. The minimum absolute atomic E-state index is 0.0926. The van der Waals surface area contributed by atoms with Gasteiger partial charge in [-0.1, -0.05) is 20.8 Å². The van der Waals surface area contributed by atoms with Gasteiger partial charge in [-0.2, -0.15) is 0 Å². The van der Waals surface area contributed by atoms with E-state index in [0.29, 0.717) is 0 Å². The molecule has 0 aromatic carbocycles. The van der Waals surface area contributed by atoms with Crippen LogP contribution in [0.1, 0.15) is 27.2 Å². The summed E-state index contributed by atoms with van der Waals surface area (Å²) in [7, 11) is 0. The summed E-state index contributed by atoms with van der Waals surface area (Å²) in [6.07, 6.45) is -1.19. The van der Waals surface area contributed by atoms with Gasteiger partial charge < -0.3 is 14.6 Å². The first kappa shape index (κ1) is 14.9. The van der Waals surface area contributed by atoms with Crippen LogP contribution in [0.4, 0.5) is 4.39 Å². The number of hydrogen-bond acceptors (Lipinski definition) is 4. The molecule has 0 spiro atoms. The molecular weight excluding hydrogens is 241 g/mol. The van der Waals surface area contributed by atoms with Gasteiger partial charge in [0, 0.05) is 6.42 Å². The third kappa shape index (κ3) is 3.19. The fraction of sp³-hybridized carbons (Fsp3) is 0.833. The van der Waals surface area contributed by atoms with E-state index in [1.54, 1.807) is 0 Å². The summed E-state index contributed by atoms with van der Waals surface area (Å²) in [6.45, 7) is 4.72. The second kappa shape index (κ2) is 6.13. The Morgan fingerprint density at radius 2 is 1.94 bits per heavy atom. The molecule has 1 rings (SSSR count). The highest BCUT2D eigenvalue weighted by molar-refractivity contribution is 5.74. The first-order chi connectivity index (χ1) is 8.38. The third-order valence-corrected chi connectivity index (χ3v) is 3.90. The largest absolute Gasteiger partial charge is 0.479 e. The van der Waals surface area contributed by atoms with Gasteiger partial charge in [0.2, 0.25) is 6.86 Å². The van der Waals surface area contributed by atoms with Crippen LogP contribution in [0.3, 0.4) is 0 Å². The second-order valence-electron chi connectivity index (χ2n) is 4.89. The summed E-state index contributed by atoms with van der Waals surface area (Å²) >= 11 is 0. The fourth-order valence-corrected chi connectivity index (χ4v) is 2.35.